The van der Waals surface area contributed by atoms with E-state index in [-0.39, 0.29) is 23.6 Å². The number of halogens is 2. The van der Waals surface area contributed by atoms with Crippen LogP contribution in [0.3, 0.4) is 0 Å². The van der Waals surface area contributed by atoms with Crippen molar-refractivity contribution in [3.05, 3.63) is 95.8 Å². The quantitative estimate of drug-likeness (QED) is 0.116. The molecule has 1 aliphatic carbocycles. The Morgan fingerprint density at radius 2 is 1.53 bits per heavy atom. The van der Waals surface area contributed by atoms with E-state index in [4.69, 9.17) is 9.47 Å². The molecule has 0 unspecified atom stereocenters. The molecule has 1 fully saturated rings. The summed E-state index contributed by atoms with van der Waals surface area (Å²) in [4.78, 5) is 12.8. The summed E-state index contributed by atoms with van der Waals surface area (Å²) in [7, 11) is 0. The number of unbranched alkanes of at least 4 members (excludes halogenated alkanes) is 2. The van der Waals surface area contributed by atoms with E-state index >= 15 is 0 Å². The summed E-state index contributed by atoms with van der Waals surface area (Å²) in [5.41, 5.74) is 3.89. The minimum absolute atomic E-state index is 0.132. The Morgan fingerprint density at radius 3 is 2.16 bits per heavy atom. The van der Waals surface area contributed by atoms with E-state index in [0.29, 0.717) is 37.0 Å². The average molecular weight is 519 g/mol. The summed E-state index contributed by atoms with van der Waals surface area (Å²) >= 11 is 0. The Morgan fingerprint density at radius 1 is 0.868 bits per heavy atom. The fourth-order valence-electron chi connectivity index (χ4n) is 5.09. The fraction of sp³-hybridized carbons (Fsp3) is 0.364. The summed E-state index contributed by atoms with van der Waals surface area (Å²) in [6, 6.07) is 19.3. The van der Waals surface area contributed by atoms with Crippen LogP contribution >= 0.6 is 0 Å². The Labute approximate surface area is 224 Å². The number of carbonyl (C=O) groups excluding carboxylic acids is 1. The lowest BCUT2D eigenvalue weighted by molar-refractivity contribution is -0.140. The first-order valence-electron chi connectivity index (χ1n) is 13.7. The molecule has 0 aromatic heterocycles. The highest BCUT2D eigenvalue weighted by Crippen LogP contribution is 2.39. The van der Waals surface area contributed by atoms with Crippen molar-refractivity contribution >= 4 is 5.97 Å². The van der Waals surface area contributed by atoms with Crippen molar-refractivity contribution in [2.45, 2.75) is 71.1 Å². The van der Waals surface area contributed by atoms with Crippen LogP contribution in [-0.4, -0.2) is 5.97 Å². The van der Waals surface area contributed by atoms with E-state index in [2.05, 4.69) is 31.2 Å². The zero-order valence-electron chi connectivity index (χ0n) is 22.2. The Bertz CT molecular complexity index is 1220. The van der Waals surface area contributed by atoms with Crippen LogP contribution < -0.4 is 9.47 Å². The van der Waals surface area contributed by atoms with Crippen LogP contribution in [0, 0.1) is 17.6 Å². The first kappa shape index (κ1) is 27.6. The third kappa shape index (κ3) is 6.89. The molecule has 0 radical (unpaired) electrons. The molecule has 38 heavy (non-hydrogen) atoms. The summed E-state index contributed by atoms with van der Waals surface area (Å²) < 4.78 is 39.8. The van der Waals surface area contributed by atoms with Crippen LogP contribution in [0.4, 0.5) is 8.78 Å². The maximum atomic E-state index is 14.7. The maximum Gasteiger partial charge on any atom is 0.314 e. The van der Waals surface area contributed by atoms with Crippen LogP contribution in [0.2, 0.25) is 0 Å². The van der Waals surface area contributed by atoms with Crippen LogP contribution in [0.5, 0.6) is 11.5 Å². The number of hydrogen-bond donors (Lipinski definition) is 0. The Hall–Kier alpha value is -3.47. The second-order valence-electron chi connectivity index (χ2n) is 10.0. The van der Waals surface area contributed by atoms with Crippen molar-refractivity contribution in [3.8, 4) is 22.6 Å². The van der Waals surface area contributed by atoms with Crippen molar-refractivity contribution in [1.82, 2.24) is 0 Å². The normalized spacial score (nSPS) is 17.5. The Kier molecular flexibility index (Phi) is 9.69. The van der Waals surface area contributed by atoms with Gasteiger partial charge >= 0.3 is 5.97 Å². The molecule has 0 amide bonds. The first-order valence-corrected chi connectivity index (χ1v) is 13.7. The van der Waals surface area contributed by atoms with Gasteiger partial charge in [-0.25, -0.2) is 4.39 Å². The number of aryl methyl sites for hydroxylation is 1. The smallest absolute Gasteiger partial charge is 0.314 e. The summed E-state index contributed by atoms with van der Waals surface area (Å²) in [5, 5.41) is 0. The molecule has 1 aliphatic rings. The molecule has 5 heteroatoms. The van der Waals surface area contributed by atoms with Gasteiger partial charge in [0.15, 0.2) is 11.6 Å². The van der Waals surface area contributed by atoms with Crippen molar-refractivity contribution in [2.75, 3.05) is 0 Å². The maximum absolute atomic E-state index is 14.7. The molecular formula is C33H36F2O3. The summed E-state index contributed by atoms with van der Waals surface area (Å²) in [6.07, 6.45) is 10.1. The van der Waals surface area contributed by atoms with E-state index in [1.807, 2.05) is 24.3 Å². The highest BCUT2D eigenvalue weighted by molar-refractivity contribution is 5.75. The van der Waals surface area contributed by atoms with Gasteiger partial charge in [0.1, 0.15) is 5.75 Å². The van der Waals surface area contributed by atoms with Crippen LogP contribution in [-0.2, 0) is 11.2 Å². The van der Waals surface area contributed by atoms with Gasteiger partial charge in [0.05, 0.1) is 12.2 Å². The van der Waals surface area contributed by atoms with Gasteiger partial charge in [-0.3, -0.25) is 4.79 Å². The van der Waals surface area contributed by atoms with Crippen LogP contribution in [0.25, 0.3) is 11.1 Å². The summed E-state index contributed by atoms with van der Waals surface area (Å²) in [6.45, 7) is 3.94. The number of carbonyl (C=O) groups is 1. The van der Waals surface area contributed by atoms with Crippen LogP contribution in [0.15, 0.2) is 73.0 Å². The van der Waals surface area contributed by atoms with Gasteiger partial charge in [0.2, 0.25) is 5.82 Å². The summed E-state index contributed by atoms with van der Waals surface area (Å²) in [5.74, 6) is -2.13. The highest BCUT2D eigenvalue weighted by atomic mass is 19.2. The third-order valence-corrected chi connectivity index (χ3v) is 7.34. The lowest BCUT2D eigenvalue weighted by atomic mass is 9.78. The second-order valence-corrected chi connectivity index (χ2v) is 10.0. The topological polar surface area (TPSA) is 35.5 Å². The number of allylic oxidation sites excluding steroid dienone is 1. The number of esters is 1. The highest BCUT2D eigenvalue weighted by Gasteiger charge is 2.31. The van der Waals surface area contributed by atoms with Gasteiger partial charge < -0.3 is 9.47 Å². The minimum atomic E-state index is -0.978. The molecule has 0 bridgehead atoms. The fourth-order valence-corrected chi connectivity index (χ4v) is 5.09. The third-order valence-electron chi connectivity index (χ3n) is 7.34. The molecule has 0 saturated heterocycles. The van der Waals surface area contributed by atoms with Gasteiger partial charge in [0, 0.05) is 0 Å². The van der Waals surface area contributed by atoms with Gasteiger partial charge in [-0.15, -0.1) is 0 Å². The molecule has 0 atom stereocenters. The van der Waals surface area contributed by atoms with Crippen molar-refractivity contribution in [3.63, 3.8) is 0 Å². The van der Waals surface area contributed by atoms with Crippen LogP contribution in [0.1, 0.15) is 75.8 Å². The molecule has 3 aromatic carbocycles. The van der Waals surface area contributed by atoms with E-state index in [1.54, 1.807) is 19.1 Å². The zero-order valence-corrected chi connectivity index (χ0v) is 22.2. The SMILES string of the molecule is C/C=C/Oc1ccc(C2CCC(C(=O)Oc3ccc(-c4ccc(CCCCC)cc4)cc3)CC2)c(F)c1F. The molecule has 0 heterocycles. The predicted molar refractivity (Wildman–Crippen MR) is 147 cm³/mol. The average Bonchev–Trinajstić information content (AvgIpc) is 2.95. The van der Waals surface area contributed by atoms with Crippen molar-refractivity contribution in [2.24, 2.45) is 5.92 Å². The van der Waals surface area contributed by atoms with Gasteiger partial charge in [0.25, 0.3) is 0 Å². The Balaban J connectivity index is 1.30. The molecule has 0 N–H and O–H groups in total. The van der Waals surface area contributed by atoms with Gasteiger partial charge in [-0.1, -0.05) is 68.3 Å². The molecule has 3 aromatic rings. The second kappa shape index (κ2) is 13.4. The lowest BCUT2D eigenvalue weighted by Crippen LogP contribution is -2.25. The zero-order chi connectivity index (χ0) is 26.9. The molecule has 0 aliphatic heterocycles. The predicted octanol–water partition coefficient (Wildman–Crippen LogP) is 9.16. The monoisotopic (exact) mass is 518 g/mol. The molecular weight excluding hydrogens is 482 g/mol. The van der Waals surface area contributed by atoms with Crippen molar-refractivity contribution < 1.29 is 23.0 Å². The molecule has 200 valence electrons. The molecule has 1 saturated carbocycles. The number of benzene rings is 3. The van der Waals surface area contributed by atoms with Crippen molar-refractivity contribution in [1.29, 1.82) is 0 Å². The van der Waals surface area contributed by atoms with Gasteiger partial charge in [-0.05, 0) is 91.8 Å². The standard InChI is InChI=1S/C33H36F2O3/c1-3-5-6-7-23-8-10-24(11-9-23)25-16-18-28(19-17-25)38-33(36)27-14-12-26(13-15-27)29-20-21-30(37-22-4-2)32(35)31(29)34/h4,8-11,16-22,26-27H,3,5-7,12-15H2,1-2H3/b22-4+. The molecule has 0 spiro atoms. The minimum Gasteiger partial charge on any atom is -0.462 e. The van der Waals surface area contributed by atoms with E-state index in [9.17, 15) is 13.6 Å². The largest absolute Gasteiger partial charge is 0.462 e. The lowest BCUT2D eigenvalue weighted by Gasteiger charge is -2.28. The first-order chi connectivity index (χ1) is 18.5. The van der Waals surface area contributed by atoms with E-state index in [0.717, 1.165) is 17.5 Å². The number of rotatable bonds is 10. The van der Waals surface area contributed by atoms with E-state index < -0.39 is 11.6 Å². The number of hydrogen-bond acceptors (Lipinski definition) is 3. The van der Waals surface area contributed by atoms with Gasteiger partial charge in [-0.2, -0.15) is 4.39 Å². The molecule has 4 rings (SSSR count). The van der Waals surface area contributed by atoms with E-state index in [1.165, 1.54) is 37.2 Å². The molecule has 3 nitrogen and oxygen atoms in total. The number of ether oxygens (including phenoxy) is 2.